The first-order valence-electron chi connectivity index (χ1n) is 7.44. The second-order valence-corrected chi connectivity index (χ2v) is 5.09. The van der Waals surface area contributed by atoms with Gasteiger partial charge in [-0.3, -0.25) is 4.79 Å². The quantitative estimate of drug-likeness (QED) is 0.610. The molecule has 0 unspecified atom stereocenters. The molecule has 0 fully saturated rings. The molecule has 2 aromatic rings. The van der Waals surface area contributed by atoms with Gasteiger partial charge in [-0.15, -0.1) is 0 Å². The van der Waals surface area contributed by atoms with E-state index in [1.165, 1.54) is 6.92 Å². The van der Waals surface area contributed by atoms with Gasteiger partial charge in [-0.2, -0.15) is 0 Å². The lowest BCUT2D eigenvalue weighted by atomic mass is 10.1. The van der Waals surface area contributed by atoms with Crippen LogP contribution in [0.5, 0.6) is 5.75 Å². The van der Waals surface area contributed by atoms with Crippen LogP contribution in [-0.4, -0.2) is 31.7 Å². The number of aromatic nitrogens is 1. The van der Waals surface area contributed by atoms with Gasteiger partial charge in [0.15, 0.2) is 0 Å². The summed E-state index contributed by atoms with van der Waals surface area (Å²) in [5.74, 6) is 0.787. The maximum atomic E-state index is 11.1. The van der Waals surface area contributed by atoms with Crippen molar-refractivity contribution >= 4 is 22.9 Å². The number of carbonyl (C=O) groups is 1. The van der Waals surface area contributed by atoms with Gasteiger partial charge in [-0.05, 0) is 42.3 Å². The first-order chi connectivity index (χ1) is 11.2. The highest BCUT2D eigenvalue weighted by Gasteiger charge is 2.10. The van der Waals surface area contributed by atoms with Gasteiger partial charge in [0.25, 0.3) is 0 Å². The fourth-order valence-electron chi connectivity index (χ4n) is 2.43. The van der Waals surface area contributed by atoms with E-state index in [1.54, 1.807) is 20.5 Å². The number of amides is 1. The highest BCUT2D eigenvalue weighted by molar-refractivity contribution is 5.88. The maximum Gasteiger partial charge on any atom is 0.216 e. The molecular weight excluding hydrogens is 292 g/mol. The minimum Gasteiger partial charge on any atom is -0.504 e. The van der Waals surface area contributed by atoms with E-state index in [0.717, 1.165) is 34.3 Å². The van der Waals surface area contributed by atoms with Crippen molar-refractivity contribution in [2.24, 2.45) is 0 Å². The first-order valence-corrected chi connectivity index (χ1v) is 7.44. The SMILES string of the molecule is CO/C=C\C=C\c1[nH]c2ccc(OC)cc2c1CCNC(C)=O. The summed E-state index contributed by atoms with van der Waals surface area (Å²) in [6.45, 7) is 2.11. The number of H-pyrrole nitrogens is 1. The third-order valence-corrected chi connectivity index (χ3v) is 3.48. The van der Waals surface area contributed by atoms with Crippen molar-refractivity contribution in [2.45, 2.75) is 13.3 Å². The van der Waals surface area contributed by atoms with E-state index in [4.69, 9.17) is 9.47 Å². The predicted molar refractivity (Wildman–Crippen MR) is 92.4 cm³/mol. The zero-order valence-electron chi connectivity index (χ0n) is 13.7. The summed E-state index contributed by atoms with van der Waals surface area (Å²) in [4.78, 5) is 14.5. The molecule has 0 aliphatic carbocycles. The number of carbonyl (C=O) groups excluding carboxylic acids is 1. The average molecular weight is 314 g/mol. The Kier molecular flexibility index (Phi) is 5.86. The molecule has 0 aliphatic rings. The number of benzene rings is 1. The third kappa shape index (κ3) is 4.39. The fraction of sp³-hybridized carbons (Fsp3) is 0.278. The van der Waals surface area contributed by atoms with Crippen LogP contribution in [0.15, 0.2) is 36.6 Å². The normalized spacial score (nSPS) is 11.4. The Balaban J connectivity index is 2.36. The fourth-order valence-corrected chi connectivity index (χ4v) is 2.43. The number of fused-ring (bicyclic) bond motifs is 1. The van der Waals surface area contributed by atoms with Crippen LogP contribution in [0, 0.1) is 0 Å². The van der Waals surface area contributed by atoms with E-state index in [1.807, 2.05) is 36.4 Å². The van der Waals surface area contributed by atoms with Crippen molar-refractivity contribution in [1.82, 2.24) is 10.3 Å². The average Bonchev–Trinajstić information content (AvgIpc) is 2.88. The van der Waals surface area contributed by atoms with E-state index < -0.39 is 0 Å². The lowest BCUT2D eigenvalue weighted by Crippen LogP contribution is -2.22. The number of hydrogen-bond donors (Lipinski definition) is 2. The lowest BCUT2D eigenvalue weighted by Gasteiger charge is -2.04. The summed E-state index contributed by atoms with van der Waals surface area (Å²) in [5.41, 5.74) is 3.20. The number of allylic oxidation sites excluding steroid dienone is 2. The molecular formula is C18H22N2O3. The minimum atomic E-state index is -0.0254. The number of methoxy groups -OCH3 is 2. The molecule has 0 saturated heterocycles. The molecule has 1 aromatic heterocycles. The molecule has 1 amide bonds. The molecule has 0 spiro atoms. The van der Waals surface area contributed by atoms with Gasteiger partial charge in [-0.25, -0.2) is 0 Å². The Morgan fingerprint density at radius 2 is 2.13 bits per heavy atom. The summed E-state index contributed by atoms with van der Waals surface area (Å²) in [5, 5.41) is 3.94. The Morgan fingerprint density at radius 3 is 2.83 bits per heavy atom. The third-order valence-electron chi connectivity index (χ3n) is 3.48. The van der Waals surface area contributed by atoms with Gasteiger partial charge in [0.1, 0.15) is 5.75 Å². The summed E-state index contributed by atoms with van der Waals surface area (Å²) < 4.78 is 10.2. The standard InChI is InChI=1S/C18H22N2O3/c1-13(21)19-10-9-15-16-12-14(23-3)7-8-18(16)20-17(15)6-4-5-11-22-2/h4-8,11-12,20H,9-10H2,1-3H3,(H,19,21)/b6-4+,11-5-. The summed E-state index contributed by atoms with van der Waals surface area (Å²) in [6.07, 6.45) is 8.07. The lowest BCUT2D eigenvalue weighted by molar-refractivity contribution is -0.118. The van der Waals surface area contributed by atoms with Crippen LogP contribution < -0.4 is 10.1 Å². The number of aromatic amines is 1. The summed E-state index contributed by atoms with van der Waals surface area (Å²) in [7, 11) is 3.26. The molecule has 0 aliphatic heterocycles. The monoisotopic (exact) mass is 314 g/mol. The van der Waals surface area contributed by atoms with Gasteiger partial charge in [0.05, 0.1) is 20.5 Å². The van der Waals surface area contributed by atoms with Gasteiger partial charge in [-0.1, -0.05) is 6.08 Å². The molecule has 1 heterocycles. The molecule has 0 bridgehead atoms. The predicted octanol–water partition coefficient (Wildman–Crippen LogP) is 3.03. The largest absolute Gasteiger partial charge is 0.504 e. The van der Waals surface area contributed by atoms with Crippen LogP contribution in [0.1, 0.15) is 18.2 Å². The van der Waals surface area contributed by atoms with Crippen molar-refractivity contribution in [3.63, 3.8) is 0 Å². The molecule has 122 valence electrons. The smallest absolute Gasteiger partial charge is 0.216 e. The van der Waals surface area contributed by atoms with Gasteiger partial charge >= 0.3 is 0 Å². The first kappa shape index (κ1) is 16.7. The summed E-state index contributed by atoms with van der Waals surface area (Å²) in [6, 6.07) is 5.93. The van der Waals surface area contributed by atoms with Gasteiger partial charge in [0, 0.05) is 30.1 Å². The van der Waals surface area contributed by atoms with E-state index in [2.05, 4.69) is 10.3 Å². The zero-order valence-corrected chi connectivity index (χ0v) is 13.7. The van der Waals surface area contributed by atoms with Crippen LogP contribution >= 0.6 is 0 Å². The summed E-state index contributed by atoms with van der Waals surface area (Å²) >= 11 is 0. The molecule has 2 N–H and O–H groups in total. The van der Waals surface area contributed by atoms with Gasteiger partial charge in [0.2, 0.25) is 5.91 Å². The Labute approximate surface area is 136 Å². The van der Waals surface area contributed by atoms with Crippen LogP contribution in [0.4, 0.5) is 0 Å². The van der Waals surface area contributed by atoms with Crippen LogP contribution in [0.3, 0.4) is 0 Å². The Morgan fingerprint density at radius 1 is 1.30 bits per heavy atom. The van der Waals surface area contributed by atoms with Gasteiger partial charge < -0.3 is 19.8 Å². The maximum absolute atomic E-state index is 11.1. The number of rotatable bonds is 7. The second-order valence-electron chi connectivity index (χ2n) is 5.09. The number of nitrogens with one attached hydrogen (secondary N) is 2. The molecule has 0 radical (unpaired) electrons. The topological polar surface area (TPSA) is 63.4 Å². The molecule has 2 rings (SSSR count). The molecule has 5 nitrogen and oxygen atoms in total. The van der Waals surface area contributed by atoms with E-state index in [9.17, 15) is 4.79 Å². The highest BCUT2D eigenvalue weighted by atomic mass is 16.5. The van der Waals surface area contributed by atoms with Crippen LogP contribution in [0.25, 0.3) is 17.0 Å². The number of ether oxygens (including phenoxy) is 2. The molecule has 5 heteroatoms. The molecule has 23 heavy (non-hydrogen) atoms. The van der Waals surface area contributed by atoms with Crippen molar-refractivity contribution in [3.05, 3.63) is 47.9 Å². The minimum absolute atomic E-state index is 0.0254. The van der Waals surface area contributed by atoms with E-state index in [0.29, 0.717) is 6.54 Å². The zero-order chi connectivity index (χ0) is 16.7. The second kappa shape index (κ2) is 8.08. The molecule has 0 atom stereocenters. The van der Waals surface area contributed by atoms with Crippen molar-refractivity contribution in [2.75, 3.05) is 20.8 Å². The van der Waals surface area contributed by atoms with E-state index in [-0.39, 0.29) is 5.91 Å². The van der Waals surface area contributed by atoms with Crippen LogP contribution in [-0.2, 0) is 16.0 Å². The van der Waals surface area contributed by atoms with E-state index >= 15 is 0 Å². The van der Waals surface area contributed by atoms with Crippen LogP contribution in [0.2, 0.25) is 0 Å². The number of hydrogen-bond acceptors (Lipinski definition) is 3. The van der Waals surface area contributed by atoms with Crippen molar-refractivity contribution in [3.8, 4) is 5.75 Å². The highest BCUT2D eigenvalue weighted by Crippen LogP contribution is 2.27. The molecule has 1 aromatic carbocycles. The molecule has 0 saturated carbocycles. The Bertz CT molecular complexity index is 729. The van der Waals surface area contributed by atoms with Crippen molar-refractivity contribution < 1.29 is 14.3 Å². The Hall–Kier alpha value is -2.69. The van der Waals surface area contributed by atoms with Crippen molar-refractivity contribution in [1.29, 1.82) is 0 Å².